The highest BCUT2D eigenvalue weighted by Gasteiger charge is 2.22. The van der Waals surface area contributed by atoms with Crippen LogP contribution < -0.4 is 10.6 Å². The number of hydrogen-bond acceptors (Lipinski definition) is 5. The predicted octanol–water partition coefficient (Wildman–Crippen LogP) is 1.53. The summed E-state index contributed by atoms with van der Waals surface area (Å²) in [6.45, 7) is 2.96. The molecule has 2 unspecified atom stereocenters. The monoisotopic (exact) mass is 269 g/mol. The lowest BCUT2D eigenvalue weighted by molar-refractivity contribution is -0.380. The van der Waals surface area contributed by atoms with Crippen LogP contribution >= 0.6 is 11.3 Å². The molecule has 1 saturated heterocycles. The molecule has 18 heavy (non-hydrogen) atoms. The average molecular weight is 269 g/mol. The highest BCUT2D eigenvalue weighted by Crippen LogP contribution is 2.22. The molecule has 0 spiro atoms. The van der Waals surface area contributed by atoms with Crippen LogP contribution in [0.2, 0.25) is 0 Å². The Balaban J connectivity index is 1.96. The number of carbonyl (C=O) groups is 1. The Bertz CT molecular complexity index is 460. The van der Waals surface area contributed by atoms with Gasteiger partial charge in [0.05, 0.1) is 10.5 Å². The van der Waals surface area contributed by atoms with E-state index in [4.69, 9.17) is 0 Å². The van der Waals surface area contributed by atoms with Crippen LogP contribution in [0.3, 0.4) is 0 Å². The second-order valence-corrected chi connectivity index (χ2v) is 5.37. The summed E-state index contributed by atoms with van der Waals surface area (Å²) in [4.78, 5) is 22.0. The summed E-state index contributed by atoms with van der Waals surface area (Å²) in [5, 5.41) is 18.3. The lowest BCUT2D eigenvalue weighted by atomic mass is 10.0. The standard InChI is InChI=1S/C11H15N3O3S/c1-7-4-9(2-3-12-7)13-11(15)8-5-10(14(16)17)18-6-8/h5-7,9,12H,2-4H2,1H3,(H,13,15). The molecule has 2 heterocycles. The first-order valence-corrected chi connectivity index (χ1v) is 6.71. The van der Waals surface area contributed by atoms with E-state index < -0.39 is 4.92 Å². The molecule has 7 heteroatoms. The second kappa shape index (κ2) is 5.45. The highest BCUT2D eigenvalue weighted by atomic mass is 32.1. The smallest absolute Gasteiger partial charge is 0.324 e. The van der Waals surface area contributed by atoms with E-state index in [1.54, 1.807) is 0 Å². The van der Waals surface area contributed by atoms with Gasteiger partial charge in [0.2, 0.25) is 0 Å². The van der Waals surface area contributed by atoms with Crippen molar-refractivity contribution >= 4 is 22.2 Å². The minimum atomic E-state index is -0.478. The molecule has 0 aromatic carbocycles. The van der Waals surface area contributed by atoms with Crippen LogP contribution in [0.25, 0.3) is 0 Å². The van der Waals surface area contributed by atoms with Crippen molar-refractivity contribution in [1.82, 2.24) is 10.6 Å². The van der Waals surface area contributed by atoms with Gasteiger partial charge in [0, 0.05) is 23.5 Å². The van der Waals surface area contributed by atoms with Crippen LogP contribution in [0.4, 0.5) is 5.00 Å². The number of nitro groups is 1. The van der Waals surface area contributed by atoms with Crippen LogP contribution in [0.5, 0.6) is 0 Å². The number of rotatable bonds is 3. The van der Waals surface area contributed by atoms with Gasteiger partial charge < -0.3 is 10.6 Å². The zero-order valence-corrected chi connectivity index (χ0v) is 10.8. The molecule has 0 bridgehead atoms. The average Bonchev–Trinajstić information content (AvgIpc) is 2.78. The van der Waals surface area contributed by atoms with Crippen LogP contribution in [0.1, 0.15) is 30.1 Å². The van der Waals surface area contributed by atoms with Crippen LogP contribution in [0, 0.1) is 10.1 Å². The Hall–Kier alpha value is -1.47. The fourth-order valence-electron chi connectivity index (χ4n) is 2.07. The summed E-state index contributed by atoms with van der Waals surface area (Å²) in [6, 6.07) is 1.86. The molecule has 1 amide bonds. The van der Waals surface area contributed by atoms with Gasteiger partial charge in [-0.2, -0.15) is 0 Å². The van der Waals surface area contributed by atoms with E-state index in [9.17, 15) is 14.9 Å². The minimum absolute atomic E-state index is 0.00108. The van der Waals surface area contributed by atoms with E-state index in [1.165, 1.54) is 11.4 Å². The fraction of sp³-hybridized carbons (Fsp3) is 0.545. The normalized spacial score (nSPS) is 23.6. The Morgan fingerprint density at radius 1 is 1.67 bits per heavy atom. The number of piperidine rings is 1. The summed E-state index contributed by atoms with van der Waals surface area (Å²) in [7, 11) is 0. The van der Waals surface area contributed by atoms with Crippen molar-refractivity contribution in [2.24, 2.45) is 0 Å². The van der Waals surface area contributed by atoms with E-state index >= 15 is 0 Å². The molecule has 1 aliphatic rings. The molecular weight excluding hydrogens is 254 g/mol. The molecule has 0 aliphatic carbocycles. The number of thiophene rings is 1. The lowest BCUT2D eigenvalue weighted by Crippen LogP contribution is -2.46. The zero-order chi connectivity index (χ0) is 13.1. The summed E-state index contributed by atoms with van der Waals surface area (Å²) in [6.07, 6.45) is 1.78. The molecule has 0 radical (unpaired) electrons. The number of amides is 1. The van der Waals surface area contributed by atoms with Gasteiger partial charge in [0.25, 0.3) is 5.91 Å². The maximum absolute atomic E-state index is 11.9. The molecule has 2 atom stereocenters. The van der Waals surface area contributed by atoms with Gasteiger partial charge in [0.15, 0.2) is 0 Å². The van der Waals surface area contributed by atoms with Gasteiger partial charge in [-0.3, -0.25) is 14.9 Å². The first-order chi connectivity index (χ1) is 8.56. The van der Waals surface area contributed by atoms with Crippen LogP contribution in [0.15, 0.2) is 11.4 Å². The summed E-state index contributed by atoms with van der Waals surface area (Å²) >= 11 is 0.976. The summed E-state index contributed by atoms with van der Waals surface area (Å²) in [5.41, 5.74) is 0.373. The first kappa shape index (κ1) is 13.0. The molecule has 1 aromatic heterocycles. The van der Waals surface area contributed by atoms with E-state index in [0.717, 1.165) is 30.7 Å². The quantitative estimate of drug-likeness (QED) is 0.643. The molecule has 1 aliphatic heterocycles. The van der Waals surface area contributed by atoms with E-state index in [-0.39, 0.29) is 17.0 Å². The van der Waals surface area contributed by atoms with Crippen molar-refractivity contribution in [1.29, 1.82) is 0 Å². The van der Waals surface area contributed by atoms with Gasteiger partial charge in [-0.25, -0.2) is 0 Å². The molecule has 0 saturated carbocycles. The maximum atomic E-state index is 11.9. The Kier molecular flexibility index (Phi) is 3.93. The Morgan fingerprint density at radius 2 is 2.44 bits per heavy atom. The number of carbonyl (C=O) groups excluding carboxylic acids is 1. The number of nitrogens with zero attached hydrogens (tertiary/aromatic N) is 1. The molecule has 6 nitrogen and oxygen atoms in total. The van der Waals surface area contributed by atoms with Gasteiger partial charge >= 0.3 is 5.00 Å². The number of nitrogens with one attached hydrogen (secondary N) is 2. The van der Waals surface area contributed by atoms with E-state index in [2.05, 4.69) is 17.6 Å². The summed E-state index contributed by atoms with van der Waals surface area (Å²) in [5.74, 6) is -0.224. The van der Waals surface area contributed by atoms with Gasteiger partial charge in [-0.1, -0.05) is 11.3 Å². The van der Waals surface area contributed by atoms with E-state index in [1.807, 2.05) is 0 Å². The SMILES string of the molecule is CC1CC(NC(=O)c2csc([N+](=O)[O-])c2)CCN1. The minimum Gasteiger partial charge on any atom is -0.349 e. The zero-order valence-electron chi connectivity index (χ0n) is 10.0. The van der Waals surface area contributed by atoms with Gasteiger partial charge in [-0.15, -0.1) is 0 Å². The third-order valence-electron chi connectivity index (χ3n) is 2.99. The van der Waals surface area contributed by atoms with E-state index in [0.29, 0.717) is 11.6 Å². The van der Waals surface area contributed by atoms with Crippen LogP contribution in [-0.4, -0.2) is 29.5 Å². The molecule has 1 aromatic rings. The molecule has 2 N–H and O–H groups in total. The molecular formula is C11H15N3O3S. The van der Waals surface area contributed by atoms with Gasteiger partial charge in [-0.05, 0) is 26.3 Å². The van der Waals surface area contributed by atoms with Crippen molar-refractivity contribution in [2.75, 3.05) is 6.54 Å². The highest BCUT2D eigenvalue weighted by molar-refractivity contribution is 7.13. The third-order valence-corrected chi connectivity index (χ3v) is 3.87. The van der Waals surface area contributed by atoms with Crippen molar-refractivity contribution in [3.8, 4) is 0 Å². The Labute approximate surface area is 109 Å². The molecule has 1 fully saturated rings. The topological polar surface area (TPSA) is 84.3 Å². The van der Waals surface area contributed by atoms with Crippen LogP contribution in [-0.2, 0) is 0 Å². The fourth-order valence-corrected chi connectivity index (χ4v) is 2.78. The van der Waals surface area contributed by atoms with Crippen molar-refractivity contribution in [2.45, 2.75) is 31.8 Å². The predicted molar refractivity (Wildman–Crippen MR) is 68.9 cm³/mol. The van der Waals surface area contributed by atoms with Crippen molar-refractivity contribution in [3.63, 3.8) is 0 Å². The summed E-state index contributed by atoms with van der Waals surface area (Å²) < 4.78 is 0. The van der Waals surface area contributed by atoms with Crippen molar-refractivity contribution in [3.05, 3.63) is 27.1 Å². The third kappa shape index (κ3) is 3.05. The number of hydrogen-bond donors (Lipinski definition) is 2. The molecule has 2 rings (SSSR count). The lowest BCUT2D eigenvalue weighted by Gasteiger charge is -2.28. The van der Waals surface area contributed by atoms with Gasteiger partial charge in [0.1, 0.15) is 0 Å². The Morgan fingerprint density at radius 3 is 3.06 bits per heavy atom. The molecule has 98 valence electrons. The van der Waals surface area contributed by atoms with Crippen molar-refractivity contribution < 1.29 is 9.72 Å². The second-order valence-electron chi connectivity index (χ2n) is 4.48. The largest absolute Gasteiger partial charge is 0.349 e. The first-order valence-electron chi connectivity index (χ1n) is 5.83. The maximum Gasteiger partial charge on any atom is 0.324 e.